The summed E-state index contributed by atoms with van der Waals surface area (Å²) in [4.78, 5) is 2.64. The van der Waals surface area contributed by atoms with Gasteiger partial charge in [-0.25, -0.2) is 0 Å². The van der Waals surface area contributed by atoms with Crippen LogP contribution in [0.1, 0.15) is 11.1 Å². The molecule has 0 bridgehead atoms. The summed E-state index contributed by atoms with van der Waals surface area (Å²) in [6.07, 6.45) is 0. The van der Waals surface area contributed by atoms with Crippen LogP contribution in [0.25, 0.3) is 43.1 Å². The Labute approximate surface area is 342 Å². The second kappa shape index (κ2) is 13.4. The Bertz CT molecular complexity index is 2740. The molecule has 8 aromatic carbocycles. The van der Waals surface area contributed by atoms with E-state index in [0.29, 0.717) is 0 Å². The number of fused-ring (bicyclic) bond motifs is 8. The average Bonchev–Trinajstić information content (AvgIpc) is 3.17. The van der Waals surface area contributed by atoms with Crippen LogP contribution in [0.4, 0.5) is 22.7 Å². The number of rotatable bonds is 2. The zero-order valence-corrected chi connectivity index (χ0v) is 39.6. The molecule has 0 fully saturated rings. The summed E-state index contributed by atoms with van der Waals surface area (Å²) < 4.78 is 0. The van der Waals surface area contributed by atoms with Crippen LogP contribution >= 0.6 is 13.6 Å². The molecule has 1 aliphatic heterocycles. The van der Waals surface area contributed by atoms with E-state index < -0.39 is 29.1 Å². The summed E-state index contributed by atoms with van der Waals surface area (Å²) in [6, 6.07) is 52.6. The van der Waals surface area contributed by atoms with Crippen molar-refractivity contribution in [1.82, 2.24) is 0 Å². The Morgan fingerprint density at radius 3 is 1.11 bits per heavy atom. The molecular weight excluding hydrogens is 759 g/mol. The van der Waals surface area contributed by atoms with E-state index in [-0.39, 0.29) is 0 Å². The number of benzene rings is 8. The van der Waals surface area contributed by atoms with Gasteiger partial charge in [0.2, 0.25) is 0 Å². The molecule has 8 aromatic rings. The first kappa shape index (κ1) is 38.2. The number of nitrogens with zero attached hydrogens (tertiary/aromatic N) is 1. The number of aryl methyl sites for hydroxylation is 2. The molecule has 290 valence electrons. The minimum atomic E-state index is -2.52. The molecule has 0 spiro atoms. The van der Waals surface area contributed by atoms with Gasteiger partial charge in [-0.3, -0.25) is 0 Å². The Kier molecular flexibility index (Phi) is 8.96. The number of hydrogen-bond donors (Lipinski definition) is 1. The zero-order valence-electron chi connectivity index (χ0n) is 35.6. The molecule has 57 heavy (non-hydrogen) atoms. The molecule has 6 heteroatoms. The number of nitrogens with one attached hydrogen (secondary N) is 1. The van der Waals surface area contributed by atoms with Gasteiger partial charge in [0.1, 0.15) is 0 Å². The molecule has 1 N–H and O–H groups in total. The predicted molar refractivity (Wildman–Crippen MR) is 270 cm³/mol. The summed E-state index contributed by atoms with van der Waals surface area (Å²) >= 11 is 0. The molecule has 0 aliphatic carbocycles. The summed E-state index contributed by atoms with van der Waals surface area (Å²) in [5.41, 5.74) is 7.89. The molecule has 0 atom stereocenters. The Balaban J connectivity index is 1.53. The predicted octanol–water partition coefficient (Wildman–Crippen LogP) is 13.1. The fraction of sp³-hybridized carbons (Fsp3) is 0.216. The normalized spacial score (nSPS) is 16.4. The van der Waals surface area contributed by atoms with Crippen LogP contribution in [-0.2, 0) is 0 Å². The van der Waals surface area contributed by atoms with Crippen molar-refractivity contribution >= 4 is 116 Å². The van der Waals surface area contributed by atoms with Crippen molar-refractivity contribution in [3.05, 3.63) is 145 Å². The molecule has 1 heterocycles. The van der Waals surface area contributed by atoms with Crippen molar-refractivity contribution in [2.75, 3.05) is 30.6 Å². The van der Waals surface area contributed by atoms with Crippen LogP contribution in [-0.4, -0.2) is 35.9 Å². The van der Waals surface area contributed by atoms with Gasteiger partial charge in [-0.15, -0.1) is 0 Å². The monoisotopic (exact) mass is 816 g/mol. The van der Waals surface area contributed by atoms with Crippen LogP contribution in [0.15, 0.2) is 133 Å². The maximum absolute atomic E-state index is 4.37. The zero-order chi connectivity index (χ0) is 40.2. The summed E-state index contributed by atoms with van der Waals surface area (Å²) in [6.45, 7) is 20.6. The SMILES string of the molecule is Cc1ccc2cc3c(cc2c1)[PH](C)([Si](C)(C)C)c1cc2ccccc2cc1N(C)c1cc2ccccc2cc1[PH](C)([Si](C)(C)C)c1cc2cc(C)ccc2cc1N3. The van der Waals surface area contributed by atoms with E-state index in [2.05, 4.69) is 217 Å². The first-order valence-electron chi connectivity index (χ1n) is 20.6. The number of hydrogen-bond acceptors (Lipinski definition) is 2. The maximum atomic E-state index is 4.37. The molecular formula is C51H58N2P2Si2. The molecule has 0 saturated carbocycles. The van der Waals surface area contributed by atoms with Crippen molar-refractivity contribution in [2.45, 2.75) is 53.1 Å². The quantitative estimate of drug-likeness (QED) is 0.138. The first-order valence-corrected chi connectivity index (χ1v) is 34.6. The fourth-order valence-corrected chi connectivity index (χ4v) is 30.4. The van der Waals surface area contributed by atoms with E-state index in [4.69, 9.17) is 0 Å². The van der Waals surface area contributed by atoms with E-state index in [1.165, 1.54) is 87.6 Å². The van der Waals surface area contributed by atoms with Crippen molar-refractivity contribution in [3.63, 3.8) is 0 Å². The van der Waals surface area contributed by atoms with Crippen molar-refractivity contribution in [3.8, 4) is 0 Å². The van der Waals surface area contributed by atoms with E-state index in [1.54, 1.807) is 10.6 Å². The molecule has 0 aromatic heterocycles. The summed E-state index contributed by atoms with van der Waals surface area (Å²) in [5, 5.41) is 21.0. The van der Waals surface area contributed by atoms with Gasteiger partial charge in [-0.05, 0) is 0 Å². The third kappa shape index (κ3) is 6.01. The second-order valence-electron chi connectivity index (χ2n) is 19.4. The van der Waals surface area contributed by atoms with E-state index >= 15 is 0 Å². The van der Waals surface area contributed by atoms with Gasteiger partial charge in [-0.1, -0.05) is 0 Å². The van der Waals surface area contributed by atoms with Crippen LogP contribution < -0.4 is 31.4 Å². The van der Waals surface area contributed by atoms with Crippen molar-refractivity contribution < 1.29 is 0 Å². The molecule has 0 amide bonds. The van der Waals surface area contributed by atoms with Crippen LogP contribution in [0.3, 0.4) is 0 Å². The molecule has 0 unspecified atom stereocenters. The van der Waals surface area contributed by atoms with Gasteiger partial charge in [0.15, 0.2) is 0 Å². The molecule has 1 aliphatic rings. The average molecular weight is 817 g/mol. The van der Waals surface area contributed by atoms with Gasteiger partial charge in [-0.2, -0.15) is 0 Å². The molecule has 0 saturated heterocycles. The van der Waals surface area contributed by atoms with E-state index in [0.717, 1.165) is 0 Å². The summed E-state index contributed by atoms with van der Waals surface area (Å²) in [7, 11) is -1.55. The standard InChI is InChI=1S/C51H58N2P2Si2/c1-34-20-22-40-26-44-48(32-42(40)24-34)54(4,56(6,7)8)50-30-38-18-14-12-16-36(38)28-46(50)53(3)47-29-37-17-13-15-19-39(37)31-51(47)55(5,57(9,10)11)49-33-43-25-35(2)21-23-41(43)27-45(49)52-44/h12-33,52,54-55H,1-11H3. The Morgan fingerprint density at radius 1 is 0.404 bits per heavy atom. The second-order valence-corrected chi connectivity index (χ2v) is 50.0. The van der Waals surface area contributed by atoms with Gasteiger partial charge >= 0.3 is 344 Å². The fourth-order valence-electron chi connectivity index (χ4n) is 9.86. The van der Waals surface area contributed by atoms with Gasteiger partial charge < -0.3 is 0 Å². The minimum absolute atomic E-state index is 1.28. The van der Waals surface area contributed by atoms with Crippen LogP contribution in [0.2, 0.25) is 39.3 Å². The molecule has 2 nitrogen and oxygen atoms in total. The van der Waals surface area contributed by atoms with E-state index in [1.807, 2.05) is 0 Å². The molecule has 9 rings (SSSR count). The van der Waals surface area contributed by atoms with Gasteiger partial charge in [0.25, 0.3) is 0 Å². The Morgan fingerprint density at radius 2 is 0.737 bits per heavy atom. The molecule has 0 radical (unpaired) electrons. The van der Waals surface area contributed by atoms with Crippen molar-refractivity contribution in [2.24, 2.45) is 0 Å². The van der Waals surface area contributed by atoms with Crippen LogP contribution in [0, 0.1) is 13.8 Å². The topological polar surface area (TPSA) is 15.3 Å². The van der Waals surface area contributed by atoms with Gasteiger partial charge in [0, 0.05) is 0 Å². The van der Waals surface area contributed by atoms with Gasteiger partial charge in [0.05, 0.1) is 0 Å². The number of anilines is 4. The Hall–Kier alpha value is -4.31. The summed E-state index contributed by atoms with van der Waals surface area (Å²) in [5.74, 6) is 0. The van der Waals surface area contributed by atoms with E-state index in [9.17, 15) is 0 Å². The first-order chi connectivity index (χ1) is 27.0. The van der Waals surface area contributed by atoms with Crippen molar-refractivity contribution in [1.29, 1.82) is 0 Å². The third-order valence-corrected chi connectivity index (χ3v) is 47.3. The van der Waals surface area contributed by atoms with Crippen LogP contribution in [0.5, 0.6) is 0 Å². The third-order valence-electron chi connectivity index (χ3n) is 14.1.